The molecule has 0 heterocycles. The van der Waals surface area contributed by atoms with Crippen LogP contribution in [0.5, 0.6) is 0 Å². The summed E-state index contributed by atoms with van der Waals surface area (Å²) < 4.78 is 27.2. The minimum atomic E-state index is -0.302. The molecule has 1 atom stereocenters. The van der Waals surface area contributed by atoms with Crippen LogP contribution in [0.15, 0.2) is 36.4 Å². The number of aryl methyl sites for hydroxylation is 1. The molecule has 0 aliphatic rings. The Bertz CT molecular complexity index is 608. The zero-order valence-electron chi connectivity index (χ0n) is 12.0. The molecule has 0 aliphatic carbocycles. The van der Waals surface area contributed by atoms with Crippen molar-refractivity contribution in [1.82, 2.24) is 5.32 Å². The van der Waals surface area contributed by atoms with Gasteiger partial charge in [-0.2, -0.15) is 0 Å². The van der Waals surface area contributed by atoms with E-state index in [1.54, 1.807) is 19.1 Å². The smallest absolute Gasteiger partial charge is 0.131 e. The first-order valence-corrected chi connectivity index (χ1v) is 6.82. The molecule has 2 aromatic carbocycles. The minimum absolute atomic E-state index is 0.153. The molecule has 0 aliphatic heterocycles. The molecule has 2 rings (SSSR count). The molecule has 20 heavy (non-hydrogen) atoms. The van der Waals surface area contributed by atoms with E-state index in [2.05, 4.69) is 5.32 Å². The standard InChI is InChI=1S/C17H19F2N/c1-4-20-12(3)13-5-8-17(19)16(10-13)15-7-6-14(18)9-11(15)2/h5-10,12,20H,4H2,1-3H3. The Labute approximate surface area is 118 Å². The van der Waals surface area contributed by atoms with E-state index in [1.807, 2.05) is 19.9 Å². The number of benzene rings is 2. The third kappa shape index (κ3) is 3.05. The Morgan fingerprint density at radius 1 is 1.05 bits per heavy atom. The largest absolute Gasteiger partial charge is 0.310 e. The molecule has 106 valence electrons. The molecule has 0 fully saturated rings. The Balaban J connectivity index is 2.47. The van der Waals surface area contributed by atoms with E-state index in [1.165, 1.54) is 18.2 Å². The van der Waals surface area contributed by atoms with Gasteiger partial charge in [0, 0.05) is 11.6 Å². The van der Waals surface area contributed by atoms with E-state index in [0.29, 0.717) is 5.56 Å². The van der Waals surface area contributed by atoms with Gasteiger partial charge in [-0.1, -0.05) is 19.1 Å². The fraction of sp³-hybridized carbons (Fsp3) is 0.294. The van der Waals surface area contributed by atoms with Gasteiger partial charge < -0.3 is 5.32 Å². The van der Waals surface area contributed by atoms with E-state index in [4.69, 9.17) is 0 Å². The van der Waals surface area contributed by atoms with Crippen molar-refractivity contribution < 1.29 is 8.78 Å². The first-order chi connectivity index (χ1) is 9.52. The maximum Gasteiger partial charge on any atom is 0.131 e. The summed E-state index contributed by atoms with van der Waals surface area (Å²) in [6.45, 7) is 6.71. The first kappa shape index (κ1) is 14.7. The third-order valence-corrected chi connectivity index (χ3v) is 3.48. The molecule has 1 nitrogen and oxygen atoms in total. The summed E-state index contributed by atoms with van der Waals surface area (Å²) in [5, 5.41) is 3.30. The summed E-state index contributed by atoms with van der Waals surface area (Å²) in [6, 6.07) is 9.66. The maximum absolute atomic E-state index is 14.1. The fourth-order valence-electron chi connectivity index (χ4n) is 2.37. The van der Waals surface area contributed by atoms with Gasteiger partial charge in [-0.25, -0.2) is 8.78 Å². The number of nitrogens with one attached hydrogen (secondary N) is 1. The Kier molecular flexibility index (Phi) is 4.50. The molecule has 1 unspecified atom stereocenters. The van der Waals surface area contributed by atoms with Crippen LogP contribution in [-0.2, 0) is 0 Å². The molecule has 0 radical (unpaired) electrons. The van der Waals surface area contributed by atoms with Crippen LogP contribution < -0.4 is 5.32 Å². The minimum Gasteiger partial charge on any atom is -0.310 e. The maximum atomic E-state index is 14.1. The van der Waals surface area contributed by atoms with Crippen LogP contribution in [0.25, 0.3) is 11.1 Å². The van der Waals surface area contributed by atoms with Gasteiger partial charge in [0.2, 0.25) is 0 Å². The first-order valence-electron chi connectivity index (χ1n) is 6.82. The van der Waals surface area contributed by atoms with Crippen molar-refractivity contribution in [1.29, 1.82) is 0 Å². The van der Waals surface area contributed by atoms with Gasteiger partial charge in [0.15, 0.2) is 0 Å². The van der Waals surface area contributed by atoms with Crippen molar-refractivity contribution >= 4 is 0 Å². The van der Waals surface area contributed by atoms with Gasteiger partial charge in [0.25, 0.3) is 0 Å². The Morgan fingerprint density at radius 2 is 1.80 bits per heavy atom. The third-order valence-electron chi connectivity index (χ3n) is 3.48. The van der Waals surface area contributed by atoms with Gasteiger partial charge in [-0.05, 0) is 61.3 Å². The van der Waals surface area contributed by atoms with Crippen LogP contribution >= 0.6 is 0 Å². The second kappa shape index (κ2) is 6.14. The summed E-state index contributed by atoms with van der Waals surface area (Å²) in [5.74, 6) is -0.587. The molecule has 2 aromatic rings. The van der Waals surface area contributed by atoms with Gasteiger partial charge in [0.1, 0.15) is 11.6 Å². The molecule has 0 aromatic heterocycles. The second-order valence-corrected chi connectivity index (χ2v) is 4.98. The van der Waals surface area contributed by atoms with E-state index in [0.717, 1.165) is 23.2 Å². The number of hydrogen-bond acceptors (Lipinski definition) is 1. The van der Waals surface area contributed by atoms with Crippen LogP contribution in [0.3, 0.4) is 0 Å². The predicted molar refractivity (Wildman–Crippen MR) is 78.6 cm³/mol. The van der Waals surface area contributed by atoms with Crippen LogP contribution in [0.4, 0.5) is 8.78 Å². The van der Waals surface area contributed by atoms with Crippen LogP contribution in [0.1, 0.15) is 31.0 Å². The van der Waals surface area contributed by atoms with E-state index < -0.39 is 0 Å². The highest BCUT2D eigenvalue weighted by molar-refractivity contribution is 5.68. The molecule has 0 bridgehead atoms. The zero-order chi connectivity index (χ0) is 14.7. The van der Waals surface area contributed by atoms with Gasteiger partial charge >= 0.3 is 0 Å². The summed E-state index contributed by atoms with van der Waals surface area (Å²) in [6.07, 6.45) is 0. The highest BCUT2D eigenvalue weighted by atomic mass is 19.1. The van der Waals surface area contributed by atoms with E-state index >= 15 is 0 Å². The lowest BCUT2D eigenvalue weighted by Crippen LogP contribution is -2.17. The number of hydrogen-bond donors (Lipinski definition) is 1. The SMILES string of the molecule is CCNC(C)c1ccc(F)c(-c2ccc(F)cc2C)c1. The topological polar surface area (TPSA) is 12.0 Å². The number of rotatable bonds is 4. The second-order valence-electron chi connectivity index (χ2n) is 4.98. The summed E-state index contributed by atoms with van der Waals surface area (Å²) in [7, 11) is 0. The quantitative estimate of drug-likeness (QED) is 0.859. The summed E-state index contributed by atoms with van der Waals surface area (Å²) in [5.41, 5.74) is 3.00. The summed E-state index contributed by atoms with van der Waals surface area (Å²) in [4.78, 5) is 0. The molecule has 3 heteroatoms. The van der Waals surface area contributed by atoms with Crippen LogP contribution in [-0.4, -0.2) is 6.54 Å². The highest BCUT2D eigenvalue weighted by Crippen LogP contribution is 2.29. The molecule has 0 spiro atoms. The number of halogens is 2. The summed E-state index contributed by atoms with van der Waals surface area (Å²) >= 11 is 0. The fourth-order valence-corrected chi connectivity index (χ4v) is 2.37. The molecule has 0 saturated carbocycles. The molecular weight excluding hydrogens is 256 g/mol. The van der Waals surface area contributed by atoms with E-state index in [9.17, 15) is 8.78 Å². The lowest BCUT2D eigenvalue weighted by Gasteiger charge is -2.15. The average Bonchev–Trinajstić information content (AvgIpc) is 2.40. The van der Waals surface area contributed by atoms with Crippen molar-refractivity contribution in [2.45, 2.75) is 26.8 Å². The van der Waals surface area contributed by atoms with E-state index in [-0.39, 0.29) is 17.7 Å². The molecule has 0 amide bonds. The normalized spacial score (nSPS) is 12.4. The molecule has 0 saturated heterocycles. The van der Waals surface area contributed by atoms with Gasteiger partial charge in [-0.3, -0.25) is 0 Å². The lowest BCUT2D eigenvalue weighted by molar-refractivity contribution is 0.592. The van der Waals surface area contributed by atoms with Crippen molar-refractivity contribution in [3.63, 3.8) is 0 Å². The Hall–Kier alpha value is -1.74. The van der Waals surface area contributed by atoms with Gasteiger partial charge in [0.05, 0.1) is 0 Å². The van der Waals surface area contributed by atoms with Crippen molar-refractivity contribution in [3.05, 3.63) is 59.2 Å². The Morgan fingerprint density at radius 3 is 2.45 bits per heavy atom. The molecular formula is C17H19F2N. The van der Waals surface area contributed by atoms with Crippen molar-refractivity contribution in [2.24, 2.45) is 0 Å². The monoisotopic (exact) mass is 275 g/mol. The molecule has 1 N–H and O–H groups in total. The van der Waals surface area contributed by atoms with Crippen molar-refractivity contribution in [3.8, 4) is 11.1 Å². The lowest BCUT2D eigenvalue weighted by atomic mass is 9.96. The zero-order valence-corrected chi connectivity index (χ0v) is 12.0. The van der Waals surface area contributed by atoms with Crippen LogP contribution in [0.2, 0.25) is 0 Å². The average molecular weight is 275 g/mol. The highest BCUT2D eigenvalue weighted by Gasteiger charge is 2.12. The van der Waals surface area contributed by atoms with Crippen LogP contribution in [0, 0.1) is 18.6 Å². The van der Waals surface area contributed by atoms with Crippen molar-refractivity contribution in [2.75, 3.05) is 6.54 Å². The van der Waals surface area contributed by atoms with Gasteiger partial charge in [-0.15, -0.1) is 0 Å². The predicted octanol–water partition coefficient (Wildman–Crippen LogP) is 4.61.